The summed E-state index contributed by atoms with van der Waals surface area (Å²) in [5, 5.41) is 19.9. The molecule has 0 aliphatic heterocycles. The van der Waals surface area contributed by atoms with E-state index in [0.29, 0.717) is 23.4 Å². The van der Waals surface area contributed by atoms with Crippen LogP contribution < -0.4 is 11.5 Å². The van der Waals surface area contributed by atoms with Crippen molar-refractivity contribution in [3.8, 4) is 11.5 Å². The Labute approximate surface area is 142 Å². The van der Waals surface area contributed by atoms with Crippen LogP contribution in [-0.4, -0.2) is 16.8 Å². The van der Waals surface area contributed by atoms with Crippen molar-refractivity contribution in [1.29, 1.82) is 0 Å². The number of rotatable bonds is 7. The highest BCUT2D eigenvalue weighted by Crippen LogP contribution is 2.26. The quantitative estimate of drug-likeness (QED) is 0.462. The van der Waals surface area contributed by atoms with Gasteiger partial charge in [0.2, 0.25) is 0 Å². The average Bonchev–Trinajstić information content (AvgIpc) is 2.58. The maximum Gasteiger partial charge on any atom is 0.122 e. The molecule has 4 nitrogen and oxygen atoms in total. The zero-order chi connectivity index (χ0) is 17.4. The van der Waals surface area contributed by atoms with E-state index in [4.69, 9.17) is 11.5 Å². The second-order valence-electron chi connectivity index (χ2n) is 5.63. The molecule has 0 amide bonds. The second-order valence-corrected chi connectivity index (χ2v) is 5.63. The summed E-state index contributed by atoms with van der Waals surface area (Å²) in [6.07, 6.45) is 6.20. The van der Waals surface area contributed by atoms with E-state index in [1.165, 1.54) is 0 Å². The first-order chi connectivity index (χ1) is 11.6. The highest BCUT2D eigenvalue weighted by molar-refractivity contribution is 5.69. The van der Waals surface area contributed by atoms with Crippen molar-refractivity contribution < 1.29 is 10.2 Å². The number of unbranched alkanes of at least 4 members (excludes halogenated alkanes) is 1. The molecule has 6 N–H and O–H groups in total. The molecule has 2 rings (SSSR count). The van der Waals surface area contributed by atoms with Crippen LogP contribution in [0.3, 0.4) is 0 Å². The molecule has 0 atom stereocenters. The van der Waals surface area contributed by atoms with Gasteiger partial charge in [0, 0.05) is 16.8 Å². The highest BCUT2D eigenvalue weighted by atomic mass is 16.3. The fourth-order valence-corrected chi connectivity index (χ4v) is 2.43. The molecule has 0 bridgehead atoms. The van der Waals surface area contributed by atoms with Crippen molar-refractivity contribution in [2.24, 2.45) is 11.5 Å². The average molecular weight is 324 g/mol. The van der Waals surface area contributed by atoms with Gasteiger partial charge in [0.05, 0.1) is 0 Å². The molecule has 0 saturated heterocycles. The predicted molar refractivity (Wildman–Crippen MR) is 99.3 cm³/mol. The summed E-state index contributed by atoms with van der Waals surface area (Å²) in [7, 11) is 0. The lowest BCUT2D eigenvalue weighted by Crippen LogP contribution is -2.03. The molecule has 0 radical (unpaired) electrons. The van der Waals surface area contributed by atoms with Crippen LogP contribution in [0.5, 0.6) is 11.5 Å². The first-order valence-corrected chi connectivity index (χ1v) is 8.06. The van der Waals surface area contributed by atoms with Crippen LogP contribution in [0.2, 0.25) is 0 Å². The Morgan fingerprint density at radius 3 is 1.92 bits per heavy atom. The standard InChI is InChI=1S/C20H24N2O2/c21-12-6-5-7-15(13-16-8-1-3-10-19(16)23)18(22)14-17-9-2-4-11-20(17)24/h1-4,8-11,13-14,23-24H,5-7,12,21-22H2. The summed E-state index contributed by atoms with van der Waals surface area (Å²) in [6.45, 7) is 0.632. The predicted octanol–water partition coefficient (Wildman–Crippen LogP) is 3.61. The van der Waals surface area contributed by atoms with Crippen molar-refractivity contribution in [3.05, 3.63) is 70.9 Å². The van der Waals surface area contributed by atoms with Gasteiger partial charge in [0.1, 0.15) is 11.5 Å². The molecule has 0 aliphatic rings. The SMILES string of the molecule is NCCCCC(=Cc1ccccc1O)C(N)=Cc1ccccc1O. The zero-order valence-electron chi connectivity index (χ0n) is 13.7. The van der Waals surface area contributed by atoms with Gasteiger partial charge in [-0.05, 0) is 55.7 Å². The van der Waals surface area contributed by atoms with Gasteiger partial charge in [-0.1, -0.05) is 36.4 Å². The fourth-order valence-electron chi connectivity index (χ4n) is 2.43. The van der Waals surface area contributed by atoms with E-state index in [0.717, 1.165) is 24.8 Å². The largest absolute Gasteiger partial charge is 0.507 e. The maximum atomic E-state index is 9.98. The Balaban J connectivity index is 2.35. The third kappa shape index (κ3) is 4.89. The third-order valence-corrected chi connectivity index (χ3v) is 3.79. The summed E-state index contributed by atoms with van der Waals surface area (Å²) in [4.78, 5) is 0. The van der Waals surface area contributed by atoms with E-state index in [1.807, 2.05) is 24.3 Å². The number of aromatic hydroxyl groups is 2. The number of nitrogens with two attached hydrogens (primary N) is 2. The number of allylic oxidation sites excluding steroid dienone is 1. The molecule has 126 valence electrons. The van der Waals surface area contributed by atoms with E-state index in [9.17, 15) is 10.2 Å². The van der Waals surface area contributed by atoms with Crippen molar-refractivity contribution in [1.82, 2.24) is 0 Å². The lowest BCUT2D eigenvalue weighted by molar-refractivity contribution is 0.473. The summed E-state index contributed by atoms with van der Waals surface area (Å²) in [6, 6.07) is 14.2. The Kier molecular flexibility index (Phi) is 6.46. The molecular formula is C20H24N2O2. The van der Waals surface area contributed by atoms with Gasteiger partial charge < -0.3 is 21.7 Å². The molecule has 2 aromatic rings. The van der Waals surface area contributed by atoms with Gasteiger partial charge in [0.25, 0.3) is 0 Å². The van der Waals surface area contributed by atoms with E-state index >= 15 is 0 Å². The topological polar surface area (TPSA) is 92.5 Å². The van der Waals surface area contributed by atoms with E-state index in [2.05, 4.69) is 0 Å². The minimum absolute atomic E-state index is 0.185. The van der Waals surface area contributed by atoms with Gasteiger partial charge in [-0.25, -0.2) is 0 Å². The molecular weight excluding hydrogens is 300 g/mol. The van der Waals surface area contributed by atoms with Gasteiger partial charge in [-0.3, -0.25) is 0 Å². The smallest absolute Gasteiger partial charge is 0.122 e. The molecule has 4 heteroatoms. The van der Waals surface area contributed by atoms with Gasteiger partial charge >= 0.3 is 0 Å². The van der Waals surface area contributed by atoms with Crippen molar-refractivity contribution in [3.63, 3.8) is 0 Å². The second kappa shape index (κ2) is 8.79. The summed E-state index contributed by atoms with van der Waals surface area (Å²) in [5.41, 5.74) is 14.7. The van der Waals surface area contributed by atoms with Crippen LogP contribution in [0, 0.1) is 0 Å². The van der Waals surface area contributed by atoms with Gasteiger partial charge in [0.15, 0.2) is 0 Å². The van der Waals surface area contributed by atoms with Gasteiger partial charge in [-0.2, -0.15) is 0 Å². The summed E-state index contributed by atoms with van der Waals surface area (Å²) >= 11 is 0. The van der Waals surface area contributed by atoms with E-state index < -0.39 is 0 Å². The molecule has 24 heavy (non-hydrogen) atoms. The third-order valence-electron chi connectivity index (χ3n) is 3.79. The minimum Gasteiger partial charge on any atom is -0.507 e. The Bertz CT molecular complexity index is 736. The monoisotopic (exact) mass is 324 g/mol. The Morgan fingerprint density at radius 2 is 1.38 bits per heavy atom. The normalized spacial score (nSPS) is 12.4. The van der Waals surface area contributed by atoms with Crippen molar-refractivity contribution in [2.75, 3.05) is 6.54 Å². The number of para-hydroxylation sites is 2. The molecule has 0 saturated carbocycles. The van der Waals surface area contributed by atoms with Crippen LogP contribution in [0.25, 0.3) is 12.2 Å². The Hall–Kier alpha value is -2.72. The first-order valence-electron chi connectivity index (χ1n) is 8.06. The summed E-state index contributed by atoms with van der Waals surface area (Å²) in [5.74, 6) is 0.397. The highest BCUT2D eigenvalue weighted by Gasteiger charge is 2.06. The molecule has 0 heterocycles. The van der Waals surface area contributed by atoms with E-state index in [1.54, 1.807) is 36.4 Å². The number of hydrogen-bond donors (Lipinski definition) is 4. The number of benzene rings is 2. The molecule has 0 fully saturated rings. The van der Waals surface area contributed by atoms with E-state index in [-0.39, 0.29) is 11.5 Å². The first kappa shape index (κ1) is 17.6. The molecule has 0 unspecified atom stereocenters. The summed E-state index contributed by atoms with van der Waals surface area (Å²) < 4.78 is 0. The molecule has 0 spiro atoms. The van der Waals surface area contributed by atoms with Crippen LogP contribution in [0.15, 0.2) is 59.8 Å². The molecule has 2 aromatic carbocycles. The van der Waals surface area contributed by atoms with Crippen molar-refractivity contribution >= 4 is 12.2 Å². The number of phenolic OH excluding ortho intramolecular Hbond substituents is 2. The number of phenols is 2. The van der Waals surface area contributed by atoms with Crippen LogP contribution in [0.1, 0.15) is 30.4 Å². The van der Waals surface area contributed by atoms with Crippen LogP contribution >= 0.6 is 0 Å². The van der Waals surface area contributed by atoms with Crippen LogP contribution in [-0.2, 0) is 0 Å². The van der Waals surface area contributed by atoms with Crippen LogP contribution in [0.4, 0.5) is 0 Å². The fraction of sp³-hybridized carbons (Fsp3) is 0.200. The maximum absolute atomic E-state index is 9.98. The molecule has 0 aromatic heterocycles. The Morgan fingerprint density at radius 1 is 0.833 bits per heavy atom. The lowest BCUT2D eigenvalue weighted by atomic mass is 10.00. The minimum atomic E-state index is 0.185. The van der Waals surface area contributed by atoms with Gasteiger partial charge in [-0.15, -0.1) is 0 Å². The number of hydrogen-bond acceptors (Lipinski definition) is 4. The lowest BCUT2D eigenvalue weighted by Gasteiger charge is -2.10. The molecule has 0 aliphatic carbocycles. The van der Waals surface area contributed by atoms with Crippen molar-refractivity contribution in [2.45, 2.75) is 19.3 Å². The zero-order valence-corrected chi connectivity index (χ0v) is 13.7.